The molecule has 0 aliphatic heterocycles. The number of halogens is 1. The highest BCUT2D eigenvalue weighted by Crippen LogP contribution is 2.22. The van der Waals surface area contributed by atoms with Crippen molar-refractivity contribution < 1.29 is 0 Å². The van der Waals surface area contributed by atoms with Crippen molar-refractivity contribution in [1.82, 2.24) is 0 Å². The molecule has 2 rings (SSSR count). The summed E-state index contributed by atoms with van der Waals surface area (Å²) in [7, 11) is 0. The quantitative estimate of drug-likeness (QED) is 0.810. The summed E-state index contributed by atoms with van der Waals surface area (Å²) in [5.74, 6) is 0. The Labute approximate surface area is 112 Å². The number of thioether (sulfide) groups is 1. The van der Waals surface area contributed by atoms with Gasteiger partial charge in [0, 0.05) is 31.9 Å². The molecule has 1 aromatic heterocycles. The van der Waals surface area contributed by atoms with E-state index in [0.717, 1.165) is 11.0 Å². The Hall–Kier alpha value is -0.450. The first kappa shape index (κ1) is 12.0. The molecule has 0 spiro atoms. The first-order valence-corrected chi connectivity index (χ1v) is 7.78. The lowest BCUT2D eigenvalue weighted by molar-refractivity contribution is 1.19. The van der Waals surface area contributed by atoms with Gasteiger partial charge in [-0.1, -0.05) is 0 Å². The molecule has 4 heteroatoms. The van der Waals surface area contributed by atoms with Crippen LogP contribution in [0.5, 0.6) is 0 Å². The van der Waals surface area contributed by atoms with Gasteiger partial charge in [-0.05, 0) is 52.5 Å². The Morgan fingerprint density at radius 1 is 1.31 bits per heavy atom. The number of hydrogen-bond acceptors (Lipinski definition) is 3. The van der Waals surface area contributed by atoms with Crippen LogP contribution in [0.15, 0.2) is 45.1 Å². The number of nitrogens with one attached hydrogen (secondary N) is 1. The minimum absolute atomic E-state index is 0.884. The highest BCUT2D eigenvalue weighted by Gasteiger charge is 1.97. The van der Waals surface area contributed by atoms with E-state index in [0.29, 0.717) is 0 Å². The van der Waals surface area contributed by atoms with Crippen molar-refractivity contribution in [3.05, 3.63) is 45.1 Å². The second-order valence-corrected chi connectivity index (χ2v) is 6.10. The third-order valence-electron chi connectivity index (χ3n) is 2.18. The first-order valence-electron chi connectivity index (χ1n) is 4.89. The van der Waals surface area contributed by atoms with E-state index in [4.69, 9.17) is 0 Å². The van der Waals surface area contributed by atoms with Crippen LogP contribution in [-0.2, 0) is 6.54 Å². The zero-order valence-electron chi connectivity index (χ0n) is 8.87. The van der Waals surface area contributed by atoms with Crippen molar-refractivity contribution >= 4 is 44.7 Å². The molecule has 0 saturated heterocycles. The summed E-state index contributed by atoms with van der Waals surface area (Å²) >= 11 is 6.98. The van der Waals surface area contributed by atoms with Gasteiger partial charge in [-0.2, -0.15) is 0 Å². The van der Waals surface area contributed by atoms with Crippen LogP contribution in [0.4, 0.5) is 5.69 Å². The molecule has 16 heavy (non-hydrogen) atoms. The second kappa shape index (κ2) is 5.75. The Bertz CT molecular complexity index is 450. The summed E-state index contributed by atoms with van der Waals surface area (Å²) in [6.07, 6.45) is 2.09. The summed E-state index contributed by atoms with van der Waals surface area (Å²) in [5.41, 5.74) is 1.17. The number of hydrogen-bond donors (Lipinski definition) is 1. The lowest BCUT2D eigenvalue weighted by Gasteiger charge is -2.05. The molecule has 1 aromatic carbocycles. The molecular formula is C12H12BrNS2. The Balaban J connectivity index is 1.94. The summed E-state index contributed by atoms with van der Waals surface area (Å²) < 4.78 is 1.16. The van der Waals surface area contributed by atoms with E-state index in [2.05, 4.69) is 63.2 Å². The molecule has 0 unspecified atom stereocenters. The van der Waals surface area contributed by atoms with Gasteiger partial charge in [-0.15, -0.1) is 23.1 Å². The minimum atomic E-state index is 0.884. The molecule has 0 fully saturated rings. The van der Waals surface area contributed by atoms with Gasteiger partial charge >= 0.3 is 0 Å². The minimum Gasteiger partial charge on any atom is -0.380 e. The Kier molecular flexibility index (Phi) is 4.32. The predicted molar refractivity (Wildman–Crippen MR) is 77.6 cm³/mol. The van der Waals surface area contributed by atoms with E-state index in [1.807, 2.05) is 0 Å². The van der Waals surface area contributed by atoms with Gasteiger partial charge in [0.1, 0.15) is 0 Å². The number of anilines is 1. The Morgan fingerprint density at radius 3 is 2.62 bits per heavy atom. The zero-order chi connectivity index (χ0) is 11.4. The normalized spacial score (nSPS) is 10.4. The van der Waals surface area contributed by atoms with Crippen molar-refractivity contribution in [1.29, 1.82) is 0 Å². The molecule has 0 radical (unpaired) electrons. The van der Waals surface area contributed by atoms with Crippen molar-refractivity contribution in [2.45, 2.75) is 11.4 Å². The smallest absolute Gasteiger partial charge is 0.0494 e. The topological polar surface area (TPSA) is 12.0 Å². The maximum absolute atomic E-state index is 3.46. The maximum Gasteiger partial charge on any atom is 0.0494 e. The second-order valence-electron chi connectivity index (χ2n) is 3.31. The molecular weight excluding hydrogens is 302 g/mol. The SMILES string of the molecule is CSc1ccc(NCc2cc(Br)cs2)cc1. The number of thiophene rings is 1. The molecule has 84 valence electrons. The predicted octanol–water partition coefficient (Wildman–Crippen LogP) is 4.84. The molecule has 1 N–H and O–H groups in total. The molecule has 0 aliphatic rings. The summed E-state index contributed by atoms with van der Waals surface area (Å²) in [5, 5.41) is 5.51. The lowest BCUT2D eigenvalue weighted by Crippen LogP contribution is -1.96. The third kappa shape index (κ3) is 3.27. The average Bonchev–Trinajstić information content (AvgIpc) is 2.73. The van der Waals surface area contributed by atoms with Gasteiger partial charge in [0.15, 0.2) is 0 Å². The van der Waals surface area contributed by atoms with Crippen LogP contribution in [0.2, 0.25) is 0 Å². The van der Waals surface area contributed by atoms with E-state index >= 15 is 0 Å². The van der Waals surface area contributed by atoms with Gasteiger partial charge in [0.2, 0.25) is 0 Å². The lowest BCUT2D eigenvalue weighted by atomic mass is 10.3. The van der Waals surface area contributed by atoms with Crippen LogP contribution >= 0.6 is 39.0 Å². The van der Waals surface area contributed by atoms with Crippen LogP contribution in [0.25, 0.3) is 0 Å². The van der Waals surface area contributed by atoms with Gasteiger partial charge in [0.25, 0.3) is 0 Å². The van der Waals surface area contributed by atoms with Crippen LogP contribution in [-0.4, -0.2) is 6.26 Å². The van der Waals surface area contributed by atoms with Crippen LogP contribution in [0, 0.1) is 0 Å². The van der Waals surface area contributed by atoms with E-state index in [1.165, 1.54) is 15.5 Å². The van der Waals surface area contributed by atoms with Crippen LogP contribution < -0.4 is 5.32 Å². The highest BCUT2D eigenvalue weighted by molar-refractivity contribution is 9.10. The van der Waals surface area contributed by atoms with Crippen molar-refractivity contribution in [2.75, 3.05) is 11.6 Å². The van der Waals surface area contributed by atoms with E-state index < -0.39 is 0 Å². The standard InChI is InChI=1S/C12H12BrNS2/c1-15-11-4-2-10(3-5-11)14-7-12-6-9(13)8-16-12/h2-6,8,14H,7H2,1H3. The fourth-order valence-corrected chi connectivity index (χ4v) is 3.14. The van der Waals surface area contributed by atoms with Crippen molar-refractivity contribution in [2.24, 2.45) is 0 Å². The molecule has 2 aromatic rings. The van der Waals surface area contributed by atoms with Crippen molar-refractivity contribution in [3.63, 3.8) is 0 Å². The monoisotopic (exact) mass is 313 g/mol. The number of rotatable bonds is 4. The molecule has 0 saturated carbocycles. The van der Waals surface area contributed by atoms with E-state index in [1.54, 1.807) is 23.1 Å². The van der Waals surface area contributed by atoms with Crippen LogP contribution in [0.3, 0.4) is 0 Å². The molecule has 0 aliphatic carbocycles. The highest BCUT2D eigenvalue weighted by atomic mass is 79.9. The molecule has 0 atom stereocenters. The zero-order valence-corrected chi connectivity index (χ0v) is 12.1. The van der Waals surface area contributed by atoms with Crippen LogP contribution in [0.1, 0.15) is 4.88 Å². The van der Waals surface area contributed by atoms with Gasteiger partial charge in [-0.25, -0.2) is 0 Å². The maximum atomic E-state index is 3.46. The van der Waals surface area contributed by atoms with E-state index in [9.17, 15) is 0 Å². The third-order valence-corrected chi connectivity index (χ3v) is 4.62. The Morgan fingerprint density at radius 2 is 2.06 bits per heavy atom. The molecule has 1 nitrogen and oxygen atoms in total. The summed E-state index contributed by atoms with van der Waals surface area (Å²) in [6, 6.07) is 10.7. The fourth-order valence-electron chi connectivity index (χ4n) is 1.34. The molecule has 0 bridgehead atoms. The molecule has 0 amide bonds. The van der Waals surface area contributed by atoms with Gasteiger partial charge < -0.3 is 5.32 Å². The average molecular weight is 314 g/mol. The number of benzene rings is 1. The van der Waals surface area contributed by atoms with Gasteiger partial charge in [0.05, 0.1) is 0 Å². The van der Waals surface area contributed by atoms with Gasteiger partial charge in [-0.3, -0.25) is 0 Å². The first-order chi connectivity index (χ1) is 7.78. The summed E-state index contributed by atoms with van der Waals surface area (Å²) in [6.45, 7) is 0.884. The van der Waals surface area contributed by atoms with E-state index in [-0.39, 0.29) is 0 Å². The largest absolute Gasteiger partial charge is 0.380 e. The fraction of sp³-hybridized carbons (Fsp3) is 0.167. The molecule has 1 heterocycles. The van der Waals surface area contributed by atoms with Crippen molar-refractivity contribution in [3.8, 4) is 0 Å². The summed E-state index contributed by atoms with van der Waals surface area (Å²) in [4.78, 5) is 2.63.